The number of benzene rings is 1. The molecule has 0 saturated carbocycles. The molecule has 0 aliphatic carbocycles. The summed E-state index contributed by atoms with van der Waals surface area (Å²) in [5.41, 5.74) is 0.643. The lowest BCUT2D eigenvalue weighted by atomic mass is 10.3. The molecule has 0 unspecified atom stereocenters. The van der Waals surface area contributed by atoms with Crippen LogP contribution in [0.15, 0.2) is 24.3 Å². The van der Waals surface area contributed by atoms with Gasteiger partial charge in [0, 0.05) is 31.3 Å². The molecule has 5 nitrogen and oxygen atoms in total. The maximum absolute atomic E-state index is 11.8. The van der Waals surface area contributed by atoms with Crippen LogP contribution in [0.3, 0.4) is 0 Å². The Bertz CT molecular complexity index is 434. The summed E-state index contributed by atoms with van der Waals surface area (Å²) in [6.07, 6.45) is 0. The average Bonchev–Trinajstić information content (AvgIpc) is 2.37. The molecule has 2 amide bonds. The van der Waals surface area contributed by atoms with Crippen LogP contribution in [0.1, 0.15) is 6.92 Å². The minimum Gasteiger partial charge on any atom is -0.383 e. The van der Waals surface area contributed by atoms with Crippen molar-refractivity contribution < 1.29 is 14.3 Å². The minimum atomic E-state index is -0.256. The van der Waals surface area contributed by atoms with Gasteiger partial charge in [-0.1, -0.05) is 11.6 Å². The van der Waals surface area contributed by atoms with E-state index in [1.807, 2.05) is 0 Å². The minimum absolute atomic E-state index is 0.00131. The molecule has 0 saturated heterocycles. The first kappa shape index (κ1) is 15.5. The predicted octanol–water partition coefficient (Wildman–Crippen LogP) is 1.77. The largest absolute Gasteiger partial charge is 0.383 e. The van der Waals surface area contributed by atoms with E-state index in [0.29, 0.717) is 23.9 Å². The Labute approximate surface area is 117 Å². The molecule has 1 N–H and O–H groups in total. The van der Waals surface area contributed by atoms with Gasteiger partial charge in [0.1, 0.15) is 0 Å². The van der Waals surface area contributed by atoms with Crippen molar-refractivity contribution in [2.24, 2.45) is 0 Å². The molecule has 0 radical (unpaired) electrons. The van der Waals surface area contributed by atoms with Gasteiger partial charge < -0.3 is 15.0 Å². The lowest BCUT2D eigenvalue weighted by Gasteiger charge is -2.19. The van der Waals surface area contributed by atoms with Gasteiger partial charge in [-0.15, -0.1) is 0 Å². The fraction of sp³-hybridized carbons (Fsp3) is 0.385. The van der Waals surface area contributed by atoms with E-state index in [1.165, 1.54) is 11.8 Å². The Morgan fingerprint density at radius 3 is 2.47 bits per heavy atom. The predicted molar refractivity (Wildman–Crippen MR) is 74.2 cm³/mol. The van der Waals surface area contributed by atoms with Gasteiger partial charge in [-0.05, 0) is 24.3 Å². The van der Waals surface area contributed by atoms with E-state index < -0.39 is 0 Å². The molecule has 0 aliphatic heterocycles. The second-order valence-electron chi connectivity index (χ2n) is 3.99. The van der Waals surface area contributed by atoms with Crippen molar-refractivity contribution in [3.63, 3.8) is 0 Å². The summed E-state index contributed by atoms with van der Waals surface area (Å²) in [5, 5.41) is 3.30. The van der Waals surface area contributed by atoms with Gasteiger partial charge >= 0.3 is 0 Å². The maximum atomic E-state index is 11.8. The Hall–Kier alpha value is -1.59. The van der Waals surface area contributed by atoms with Crippen molar-refractivity contribution in [2.75, 3.05) is 32.1 Å². The second-order valence-corrected chi connectivity index (χ2v) is 4.42. The molecule has 19 heavy (non-hydrogen) atoms. The Morgan fingerprint density at radius 2 is 1.95 bits per heavy atom. The third-order valence-electron chi connectivity index (χ3n) is 2.47. The highest BCUT2D eigenvalue weighted by molar-refractivity contribution is 6.30. The highest BCUT2D eigenvalue weighted by Crippen LogP contribution is 2.13. The highest BCUT2D eigenvalue weighted by Gasteiger charge is 2.13. The van der Waals surface area contributed by atoms with Crippen LogP contribution in [0, 0.1) is 0 Å². The van der Waals surface area contributed by atoms with Crippen LogP contribution in [-0.2, 0) is 14.3 Å². The quantitative estimate of drug-likeness (QED) is 0.866. The fourth-order valence-electron chi connectivity index (χ4n) is 1.46. The monoisotopic (exact) mass is 284 g/mol. The smallest absolute Gasteiger partial charge is 0.243 e. The summed E-state index contributed by atoms with van der Waals surface area (Å²) in [6.45, 7) is 2.21. The van der Waals surface area contributed by atoms with Crippen LogP contribution < -0.4 is 5.32 Å². The Morgan fingerprint density at radius 1 is 1.32 bits per heavy atom. The molecule has 6 heteroatoms. The number of rotatable bonds is 6. The molecule has 0 atom stereocenters. The van der Waals surface area contributed by atoms with E-state index in [2.05, 4.69) is 5.32 Å². The van der Waals surface area contributed by atoms with Gasteiger partial charge in [-0.3, -0.25) is 9.59 Å². The van der Waals surface area contributed by atoms with Gasteiger partial charge in [0.2, 0.25) is 11.8 Å². The first-order chi connectivity index (χ1) is 9.02. The molecule has 1 rings (SSSR count). The van der Waals surface area contributed by atoms with Crippen LogP contribution in [-0.4, -0.2) is 43.5 Å². The second kappa shape index (κ2) is 7.76. The molecule has 1 aromatic rings. The summed E-state index contributed by atoms with van der Waals surface area (Å²) in [4.78, 5) is 24.6. The number of halogens is 1. The first-order valence-corrected chi connectivity index (χ1v) is 6.20. The number of carbonyl (C=O) groups is 2. The molecule has 0 spiro atoms. The van der Waals surface area contributed by atoms with Crippen LogP contribution in [0.25, 0.3) is 0 Å². The molecule has 0 heterocycles. The molecule has 0 bridgehead atoms. The van der Waals surface area contributed by atoms with Crippen molar-refractivity contribution in [1.29, 1.82) is 0 Å². The number of anilines is 1. The third-order valence-corrected chi connectivity index (χ3v) is 2.73. The van der Waals surface area contributed by atoms with Gasteiger partial charge in [-0.2, -0.15) is 0 Å². The standard InChI is InChI=1S/C13H17ClN2O3/c1-10(17)16(7-8-19-2)9-13(18)15-12-5-3-11(14)4-6-12/h3-6H,7-9H2,1-2H3,(H,15,18). The van der Waals surface area contributed by atoms with E-state index in [1.54, 1.807) is 31.4 Å². The van der Waals surface area contributed by atoms with Crippen molar-refractivity contribution in [3.05, 3.63) is 29.3 Å². The number of ether oxygens (including phenoxy) is 1. The number of nitrogens with one attached hydrogen (secondary N) is 1. The van der Waals surface area contributed by atoms with Crippen LogP contribution in [0.5, 0.6) is 0 Å². The zero-order valence-electron chi connectivity index (χ0n) is 11.0. The van der Waals surface area contributed by atoms with E-state index in [9.17, 15) is 9.59 Å². The van der Waals surface area contributed by atoms with Crippen molar-refractivity contribution >= 4 is 29.1 Å². The van der Waals surface area contributed by atoms with Crippen molar-refractivity contribution in [3.8, 4) is 0 Å². The van der Waals surface area contributed by atoms with Crippen LogP contribution >= 0.6 is 11.6 Å². The molecule has 1 aromatic carbocycles. The van der Waals surface area contributed by atoms with E-state index in [4.69, 9.17) is 16.3 Å². The SMILES string of the molecule is COCCN(CC(=O)Nc1ccc(Cl)cc1)C(C)=O. The van der Waals surface area contributed by atoms with Crippen LogP contribution in [0.4, 0.5) is 5.69 Å². The summed E-state index contributed by atoms with van der Waals surface area (Å²) >= 11 is 5.75. The number of carbonyl (C=O) groups excluding carboxylic acids is 2. The molecule has 0 aromatic heterocycles. The summed E-state index contributed by atoms with van der Waals surface area (Å²) in [6, 6.07) is 6.77. The topological polar surface area (TPSA) is 58.6 Å². The van der Waals surface area contributed by atoms with E-state index in [-0.39, 0.29) is 18.4 Å². The lowest BCUT2D eigenvalue weighted by Crippen LogP contribution is -2.38. The molecule has 0 aliphatic rings. The highest BCUT2D eigenvalue weighted by atomic mass is 35.5. The van der Waals surface area contributed by atoms with E-state index in [0.717, 1.165) is 0 Å². The summed E-state index contributed by atoms with van der Waals surface area (Å²) in [5.74, 6) is -0.420. The number of amides is 2. The zero-order valence-corrected chi connectivity index (χ0v) is 11.7. The molecular formula is C13H17ClN2O3. The summed E-state index contributed by atoms with van der Waals surface area (Å²) < 4.78 is 4.90. The van der Waals surface area contributed by atoms with Crippen molar-refractivity contribution in [1.82, 2.24) is 4.90 Å². The first-order valence-electron chi connectivity index (χ1n) is 5.83. The Kier molecular flexibility index (Phi) is 6.32. The average molecular weight is 285 g/mol. The zero-order chi connectivity index (χ0) is 14.3. The molecular weight excluding hydrogens is 268 g/mol. The number of nitrogens with zero attached hydrogens (tertiary/aromatic N) is 1. The van der Waals surface area contributed by atoms with Gasteiger partial charge in [0.15, 0.2) is 0 Å². The maximum Gasteiger partial charge on any atom is 0.243 e. The normalized spacial score (nSPS) is 10.1. The summed E-state index contributed by atoms with van der Waals surface area (Å²) in [7, 11) is 1.55. The van der Waals surface area contributed by atoms with Gasteiger partial charge in [-0.25, -0.2) is 0 Å². The molecule has 0 fully saturated rings. The van der Waals surface area contributed by atoms with Crippen molar-refractivity contribution in [2.45, 2.75) is 6.92 Å². The number of hydrogen-bond donors (Lipinski definition) is 1. The third kappa shape index (κ3) is 5.72. The lowest BCUT2D eigenvalue weighted by molar-refractivity contribution is -0.133. The van der Waals surface area contributed by atoms with Gasteiger partial charge in [0.05, 0.1) is 13.2 Å². The van der Waals surface area contributed by atoms with E-state index >= 15 is 0 Å². The van der Waals surface area contributed by atoms with Crippen LogP contribution in [0.2, 0.25) is 5.02 Å². The fourth-order valence-corrected chi connectivity index (χ4v) is 1.58. The number of methoxy groups -OCH3 is 1. The van der Waals surface area contributed by atoms with Gasteiger partial charge in [0.25, 0.3) is 0 Å². The number of hydrogen-bond acceptors (Lipinski definition) is 3. The Balaban J connectivity index is 2.52. The molecule has 104 valence electrons.